The second-order valence-corrected chi connectivity index (χ2v) is 4.28. The van der Waals surface area contributed by atoms with Gasteiger partial charge in [-0.25, -0.2) is 0 Å². The van der Waals surface area contributed by atoms with Gasteiger partial charge in [-0.1, -0.05) is 17.7 Å². The van der Waals surface area contributed by atoms with Gasteiger partial charge in [-0.2, -0.15) is 0 Å². The van der Waals surface area contributed by atoms with Crippen molar-refractivity contribution in [1.29, 1.82) is 0 Å². The maximum Gasteiger partial charge on any atom is 0.125 e. The number of furan rings is 1. The second-order valence-electron chi connectivity index (χ2n) is 3.84. The molecule has 2 rings (SSSR count). The molecule has 2 aromatic rings. The molecule has 1 heterocycles. The molecule has 0 saturated heterocycles. The maximum atomic E-state index is 5.96. The van der Waals surface area contributed by atoms with E-state index in [0.29, 0.717) is 0 Å². The van der Waals surface area contributed by atoms with Crippen molar-refractivity contribution in [2.24, 2.45) is 0 Å². The fraction of sp³-hybridized carbons (Fsp3) is 0.231. The van der Waals surface area contributed by atoms with Gasteiger partial charge in [0, 0.05) is 10.7 Å². The van der Waals surface area contributed by atoms with Crippen molar-refractivity contribution in [3.05, 3.63) is 52.9 Å². The van der Waals surface area contributed by atoms with Crippen LogP contribution < -0.4 is 5.32 Å². The lowest BCUT2D eigenvalue weighted by molar-refractivity contribution is 0.490. The predicted octanol–water partition coefficient (Wildman–Crippen LogP) is 4.41. The molecule has 84 valence electrons. The predicted molar refractivity (Wildman–Crippen MR) is 66.9 cm³/mol. The number of hydrogen-bond acceptors (Lipinski definition) is 2. The molecule has 0 aliphatic heterocycles. The van der Waals surface area contributed by atoms with Crippen molar-refractivity contribution in [1.82, 2.24) is 0 Å². The highest BCUT2D eigenvalue weighted by Gasteiger charge is 2.09. The van der Waals surface area contributed by atoms with Crippen LogP contribution in [0.5, 0.6) is 0 Å². The molecule has 2 nitrogen and oxygen atoms in total. The summed E-state index contributed by atoms with van der Waals surface area (Å²) >= 11 is 5.96. The van der Waals surface area contributed by atoms with Gasteiger partial charge >= 0.3 is 0 Å². The first-order valence-electron chi connectivity index (χ1n) is 5.23. The normalized spacial score (nSPS) is 12.4. The van der Waals surface area contributed by atoms with E-state index in [9.17, 15) is 0 Å². The third kappa shape index (κ3) is 2.39. The Morgan fingerprint density at radius 2 is 2.12 bits per heavy atom. The van der Waals surface area contributed by atoms with Crippen LogP contribution in [0.2, 0.25) is 5.02 Å². The van der Waals surface area contributed by atoms with Crippen molar-refractivity contribution in [3.63, 3.8) is 0 Å². The molecule has 0 fully saturated rings. The molecule has 1 aromatic carbocycles. The smallest absolute Gasteiger partial charge is 0.125 e. The van der Waals surface area contributed by atoms with E-state index >= 15 is 0 Å². The third-order valence-electron chi connectivity index (χ3n) is 2.54. The van der Waals surface area contributed by atoms with E-state index in [1.165, 1.54) is 5.56 Å². The quantitative estimate of drug-likeness (QED) is 0.852. The van der Waals surface area contributed by atoms with Gasteiger partial charge in [-0.05, 0) is 43.7 Å². The SMILES string of the molecule is Cc1ccc(Cl)cc1NC(C)c1ccco1. The van der Waals surface area contributed by atoms with Crippen molar-refractivity contribution in [2.75, 3.05) is 5.32 Å². The highest BCUT2D eigenvalue weighted by molar-refractivity contribution is 6.30. The van der Waals surface area contributed by atoms with Crippen LogP contribution in [0.4, 0.5) is 5.69 Å². The van der Waals surface area contributed by atoms with E-state index in [1.807, 2.05) is 37.3 Å². The Kier molecular flexibility index (Phi) is 3.20. The molecular formula is C13H14ClNO. The van der Waals surface area contributed by atoms with Gasteiger partial charge in [0.1, 0.15) is 5.76 Å². The van der Waals surface area contributed by atoms with Gasteiger partial charge in [0.25, 0.3) is 0 Å². The van der Waals surface area contributed by atoms with E-state index in [4.69, 9.17) is 16.0 Å². The molecule has 0 amide bonds. The minimum atomic E-state index is 0.132. The number of aryl methyl sites for hydroxylation is 1. The molecule has 0 bridgehead atoms. The Labute approximate surface area is 100 Å². The molecule has 3 heteroatoms. The fourth-order valence-electron chi connectivity index (χ4n) is 1.59. The minimum absolute atomic E-state index is 0.132. The van der Waals surface area contributed by atoms with E-state index in [1.54, 1.807) is 6.26 Å². The summed E-state index contributed by atoms with van der Waals surface area (Å²) in [4.78, 5) is 0. The first-order valence-corrected chi connectivity index (χ1v) is 5.60. The lowest BCUT2D eigenvalue weighted by Crippen LogP contribution is -2.06. The summed E-state index contributed by atoms with van der Waals surface area (Å²) in [6, 6.07) is 9.79. The summed E-state index contributed by atoms with van der Waals surface area (Å²) in [6.07, 6.45) is 1.68. The van der Waals surface area contributed by atoms with Crippen LogP contribution in [0.1, 0.15) is 24.3 Å². The Hall–Kier alpha value is -1.41. The van der Waals surface area contributed by atoms with Gasteiger partial charge in [0.2, 0.25) is 0 Å². The van der Waals surface area contributed by atoms with Gasteiger partial charge in [0.15, 0.2) is 0 Å². The molecule has 0 aliphatic rings. The zero-order chi connectivity index (χ0) is 11.5. The van der Waals surface area contributed by atoms with Crippen LogP contribution in [-0.4, -0.2) is 0 Å². The summed E-state index contributed by atoms with van der Waals surface area (Å²) in [5.41, 5.74) is 2.21. The van der Waals surface area contributed by atoms with Crippen LogP contribution in [0, 0.1) is 6.92 Å². The first-order chi connectivity index (χ1) is 7.66. The average molecular weight is 236 g/mol. The van der Waals surface area contributed by atoms with Crippen LogP contribution in [0.15, 0.2) is 41.0 Å². The van der Waals surface area contributed by atoms with Gasteiger partial charge < -0.3 is 9.73 Å². The molecule has 0 saturated carbocycles. The minimum Gasteiger partial charge on any atom is -0.467 e. The second kappa shape index (κ2) is 4.62. The van der Waals surface area contributed by atoms with E-state index < -0.39 is 0 Å². The average Bonchev–Trinajstić information content (AvgIpc) is 2.76. The van der Waals surface area contributed by atoms with Crippen molar-refractivity contribution in [2.45, 2.75) is 19.9 Å². The van der Waals surface area contributed by atoms with Crippen molar-refractivity contribution >= 4 is 17.3 Å². The number of rotatable bonds is 3. The Bertz CT molecular complexity index is 465. The zero-order valence-corrected chi connectivity index (χ0v) is 10.1. The molecular weight excluding hydrogens is 222 g/mol. The summed E-state index contributed by atoms with van der Waals surface area (Å²) in [5, 5.41) is 4.11. The first kappa shape index (κ1) is 11.1. The number of benzene rings is 1. The monoisotopic (exact) mass is 235 g/mol. The van der Waals surface area contributed by atoms with Crippen LogP contribution in [-0.2, 0) is 0 Å². The van der Waals surface area contributed by atoms with Crippen LogP contribution >= 0.6 is 11.6 Å². The van der Waals surface area contributed by atoms with E-state index in [0.717, 1.165) is 16.5 Å². The van der Waals surface area contributed by atoms with Crippen LogP contribution in [0.3, 0.4) is 0 Å². The lowest BCUT2D eigenvalue weighted by atomic mass is 10.1. The highest BCUT2D eigenvalue weighted by Crippen LogP contribution is 2.25. The molecule has 16 heavy (non-hydrogen) atoms. The Morgan fingerprint density at radius 1 is 1.31 bits per heavy atom. The molecule has 1 unspecified atom stereocenters. The zero-order valence-electron chi connectivity index (χ0n) is 9.33. The van der Waals surface area contributed by atoms with Crippen molar-refractivity contribution < 1.29 is 4.42 Å². The molecule has 0 spiro atoms. The Morgan fingerprint density at radius 3 is 2.81 bits per heavy atom. The fourth-order valence-corrected chi connectivity index (χ4v) is 1.76. The maximum absolute atomic E-state index is 5.96. The van der Waals surface area contributed by atoms with Crippen molar-refractivity contribution in [3.8, 4) is 0 Å². The molecule has 0 radical (unpaired) electrons. The standard InChI is InChI=1S/C13H14ClNO/c1-9-5-6-11(14)8-12(9)15-10(2)13-4-3-7-16-13/h3-8,10,15H,1-2H3. The number of halogens is 1. The highest BCUT2D eigenvalue weighted by atomic mass is 35.5. The topological polar surface area (TPSA) is 25.2 Å². The number of anilines is 1. The van der Waals surface area contributed by atoms with Gasteiger partial charge in [-0.15, -0.1) is 0 Å². The molecule has 1 atom stereocenters. The molecule has 1 aromatic heterocycles. The Balaban J connectivity index is 2.17. The summed E-state index contributed by atoms with van der Waals surface area (Å²) in [5.74, 6) is 0.916. The summed E-state index contributed by atoms with van der Waals surface area (Å²) < 4.78 is 5.34. The molecule has 0 aliphatic carbocycles. The lowest BCUT2D eigenvalue weighted by Gasteiger charge is -2.15. The largest absolute Gasteiger partial charge is 0.467 e. The van der Waals surface area contributed by atoms with E-state index in [2.05, 4.69) is 12.2 Å². The summed E-state index contributed by atoms with van der Waals surface area (Å²) in [6.45, 7) is 4.10. The van der Waals surface area contributed by atoms with E-state index in [-0.39, 0.29) is 6.04 Å². The number of hydrogen-bond donors (Lipinski definition) is 1. The third-order valence-corrected chi connectivity index (χ3v) is 2.78. The summed E-state index contributed by atoms with van der Waals surface area (Å²) in [7, 11) is 0. The van der Waals surface area contributed by atoms with Crippen LogP contribution in [0.25, 0.3) is 0 Å². The number of nitrogens with one attached hydrogen (secondary N) is 1. The molecule has 1 N–H and O–H groups in total. The van der Waals surface area contributed by atoms with Gasteiger partial charge in [0.05, 0.1) is 12.3 Å². The van der Waals surface area contributed by atoms with Gasteiger partial charge in [-0.3, -0.25) is 0 Å².